The Morgan fingerprint density at radius 2 is 2.15 bits per heavy atom. The molecular formula is C10H11ClN2. The van der Waals surface area contributed by atoms with E-state index in [1.807, 2.05) is 6.07 Å². The predicted molar refractivity (Wildman–Crippen MR) is 55.6 cm³/mol. The highest BCUT2D eigenvalue weighted by molar-refractivity contribution is 6.17. The fraction of sp³-hybridized carbons (Fsp3) is 0.300. The van der Waals surface area contributed by atoms with E-state index in [-0.39, 0.29) is 0 Å². The first-order valence-electron chi connectivity index (χ1n) is 4.33. The third kappa shape index (κ3) is 1.54. The fourth-order valence-corrected chi connectivity index (χ4v) is 1.82. The van der Waals surface area contributed by atoms with Crippen LogP contribution in [0.5, 0.6) is 0 Å². The zero-order chi connectivity index (χ0) is 9.26. The minimum Gasteiger partial charge on any atom is -0.384 e. The summed E-state index contributed by atoms with van der Waals surface area (Å²) in [6.45, 7) is 0. The molecule has 3 heteroatoms. The number of hydrogen-bond donors (Lipinski definition) is 1. The van der Waals surface area contributed by atoms with E-state index in [0.29, 0.717) is 11.7 Å². The maximum absolute atomic E-state index is 5.82. The quantitative estimate of drug-likeness (QED) is 0.671. The number of anilines is 1. The molecule has 0 amide bonds. The highest BCUT2D eigenvalue weighted by Crippen LogP contribution is 2.02. The van der Waals surface area contributed by atoms with Gasteiger partial charge in [0.25, 0.3) is 0 Å². The van der Waals surface area contributed by atoms with Gasteiger partial charge in [-0.05, 0) is 24.5 Å². The summed E-state index contributed by atoms with van der Waals surface area (Å²) in [6.07, 6.45) is 6.41. The van der Waals surface area contributed by atoms with Crippen LogP contribution in [0.1, 0.15) is 18.4 Å². The molecule has 0 saturated carbocycles. The molecule has 2 rings (SSSR count). The Kier molecular flexibility index (Phi) is 2.23. The fourth-order valence-electron chi connectivity index (χ4n) is 1.60. The van der Waals surface area contributed by atoms with Gasteiger partial charge in [-0.2, -0.15) is 0 Å². The Bertz CT molecular complexity index is 437. The van der Waals surface area contributed by atoms with Gasteiger partial charge in [0.2, 0.25) is 0 Å². The van der Waals surface area contributed by atoms with E-state index in [1.54, 1.807) is 0 Å². The van der Waals surface area contributed by atoms with Crippen molar-refractivity contribution in [2.24, 2.45) is 0 Å². The second-order valence-electron chi connectivity index (χ2n) is 3.12. The first kappa shape index (κ1) is 8.57. The van der Waals surface area contributed by atoms with Crippen LogP contribution in [-0.4, -0.2) is 4.98 Å². The molecule has 0 bridgehead atoms. The highest BCUT2D eigenvalue weighted by atomic mass is 35.5. The van der Waals surface area contributed by atoms with Gasteiger partial charge >= 0.3 is 0 Å². The second kappa shape index (κ2) is 3.38. The van der Waals surface area contributed by atoms with Crippen LogP contribution in [0.3, 0.4) is 0 Å². The Labute approximate surface area is 81.7 Å². The standard InChI is InChI=1S/C10H11ClN2/c11-6-7-5-10(12)13-9-4-2-1-3-8(7)9/h3-5H,1-2,6H2,(H2,12,13). The summed E-state index contributed by atoms with van der Waals surface area (Å²) in [5, 5.41) is 2.15. The summed E-state index contributed by atoms with van der Waals surface area (Å²) in [5.74, 6) is 1.06. The maximum atomic E-state index is 5.82. The average Bonchev–Trinajstić information content (AvgIpc) is 2.16. The molecule has 2 nitrogen and oxygen atoms in total. The Morgan fingerprint density at radius 1 is 1.38 bits per heavy atom. The number of alkyl halides is 1. The smallest absolute Gasteiger partial charge is 0.124 e. The number of fused-ring (bicyclic) bond motifs is 1. The van der Waals surface area contributed by atoms with Crippen molar-refractivity contribution < 1.29 is 0 Å². The van der Waals surface area contributed by atoms with Crippen LogP contribution in [-0.2, 0) is 5.88 Å². The van der Waals surface area contributed by atoms with Gasteiger partial charge in [0.15, 0.2) is 0 Å². The topological polar surface area (TPSA) is 38.9 Å². The van der Waals surface area contributed by atoms with Crippen molar-refractivity contribution in [3.05, 3.63) is 22.2 Å². The van der Waals surface area contributed by atoms with Crippen molar-refractivity contribution >= 4 is 29.6 Å². The molecule has 0 spiro atoms. The monoisotopic (exact) mass is 194 g/mol. The van der Waals surface area contributed by atoms with Crippen LogP contribution in [0.25, 0.3) is 12.2 Å². The zero-order valence-corrected chi connectivity index (χ0v) is 8.01. The number of halogens is 1. The van der Waals surface area contributed by atoms with Gasteiger partial charge in [-0.1, -0.05) is 12.2 Å². The van der Waals surface area contributed by atoms with Crippen molar-refractivity contribution in [3.63, 3.8) is 0 Å². The van der Waals surface area contributed by atoms with E-state index >= 15 is 0 Å². The lowest BCUT2D eigenvalue weighted by molar-refractivity contribution is 1.06. The normalized spacial score (nSPS) is 14.2. The lowest BCUT2D eigenvalue weighted by Gasteiger charge is -2.04. The number of nitrogens with two attached hydrogens (primary N) is 1. The van der Waals surface area contributed by atoms with Crippen LogP contribution in [0, 0.1) is 0 Å². The molecule has 0 fully saturated rings. The summed E-state index contributed by atoms with van der Waals surface area (Å²) >= 11 is 5.82. The molecule has 1 aliphatic rings. The summed E-state index contributed by atoms with van der Waals surface area (Å²) in [6, 6.07) is 1.85. The molecule has 0 aromatic carbocycles. The molecule has 0 atom stereocenters. The molecule has 68 valence electrons. The van der Waals surface area contributed by atoms with Crippen molar-refractivity contribution in [1.82, 2.24) is 4.98 Å². The Morgan fingerprint density at radius 3 is 2.92 bits per heavy atom. The minimum absolute atomic E-state index is 0.499. The average molecular weight is 195 g/mol. The summed E-state index contributed by atoms with van der Waals surface area (Å²) in [4.78, 5) is 4.25. The van der Waals surface area contributed by atoms with E-state index < -0.39 is 0 Å². The highest BCUT2D eigenvalue weighted by Gasteiger charge is 2.01. The van der Waals surface area contributed by atoms with Gasteiger partial charge in [0.05, 0.1) is 5.35 Å². The largest absolute Gasteiger partial charge is 0.384 e. The zero-order valence-electron chi connectivity index (χ0n) is 7.26. The van der Waals surface area contributed by atoms with Crippen molar-refractivity contribution in [2.45, 2.75) is 18.7 Å². The molecule has 1 heterocycles. The van der Waals surface area contributed by atoms with Crippen LogP contribution >= 0.6 is 11.6 Å². The van der Waals surface area contributed by atoms with E-state index in [4.69, 9.17) is 17.3 Å². The summed E-state index contributed by atoms with van der Waals surface area (Å²) < 4.78 is 0. The minimum atomic E-state index is 0.499. The Balaban J connectivity index is 2.79. The molecule has 0 unspecified atom stereocenters. The van der Waals surface area contributed by atoms with Gasteiger partial charge in [-0.3, -0.25) is 0 Å². The molecule has 1 aromatic rings. The van der Waals surface area contributed by atoms with Crippen LogP contribution in [0.4, 0.5) is 5.82 Å². The predicted octanol–water partition coefficient (Wildman–Crippen LogP) is 0.757. The second-order valence-corrected chi connectivity index (χ2v) is 3.39. The first-order chi connectivity index (χ1) is 6.31. The van der Waals surface area contributed by atoms with E-state index in [9.17, 15) is 0 Å². The van der Waals surface area contributed by atoms with Crippen LogP contribution in [0.2, 0.25) is 0 Å². The number of pyridine rings is 1. The van der Waals surface area contributed by atoms with Crippen molar-refractivity contribution in [1.29, 1.82) is 0 Å². The van der Waals surface area contributed by atoms with Crippen molar-refractivity contribution in [2.75, 3.05) is 5.73 Å². The Hall–Kier alpha value is -1.02. The van der Waals surface area contributed by atoms with Crippen molar-refractivity contribution in [3.8, 4) is 0 Å². The number of nitrogen functional groups attached to an aromatic ring is 1. The maximum Gasteiger partial charge on any atom is 0.124 e. The SMILES string of the molecule is Nc1cc(CCl)c2c(n1)=CCCC=2. The van der Waals surface area contributed by atoms with Crippen LogP contribution < -0.4 is 16.3 Å². The van der Waals surface area contributed by atoms with Gasteiger partial charge < -0.3 is 5.73 Å². The number of nitrogens with zero attached hydrogens (tertiary/aromatic N) is 1. The molecule has 0 aliphatic heterocycles. The van der Waals surface area contributed by atoms with E-state index in [0.717, 1.165) is 29.0 Å². The molecular weight excluding hydrogens is 184 g/mol. The summed E-state index contributed by atoms with van der Waals surface area (Å²) in [5.41, 5.74) is 6.74. The summed E-state index contributed by atoms with van der Waals surface area (Å²) in [7, 11) is 0. The van der Waals surface area contributed by atoms with Crippen LogP contribution in [0.15, 0.2) is 6.07 Å². The van der Waals surface area contributed by atoms with Gasteiger partial charge in [-0.15, -0.1) is 11.6 Å². The molecule has 13 heavy (non-hydrogen) atoms. The van der Waals surface area contributed by atoms with E-state index in [2.05, 4.69) is 17.1 Å². The third-order valence-corrected chi connectivity index (χ3v) is 2.48. The molecule has 0 radical (unpaired) electrons. The third-order valence-electron chi connectivity index (χ3n) is 2.19. The van der Waals surface area contributed by atoms with Gasteiger partial charge in [0, 0.05) is 11.1 Å². The lowest BCUT2D eigenvalue weighted by Crippen LogP contribution is -2.33. The van der Waals surface area contributed by atoms with E-state index in [1.165, 1.54) is 0 Å². The first-order valence-corrected chi connectivity index (χ1v) is 4.86. The number of aromatic nitrogens is 1. The molecule has 1 aromatic heterocycles. The van der Waals surface area contributed by atoms with Gasteiger partial charge in [0.1, 0.15) is 5.82 Å². The molecule has 1 aliphatic carbocycles. The van der Waals surface area contributed by atoms with Gasteiger partial charge in [-0.25, -0.2) is 4.98 Å². The molecule has 0 saturated heterocycles. The molecule has 2 N–H and O–H groups in total. The number of rotatable bonds is 1. The lowest BCUT2D eigenvalue weighted by atomic mass is 10.1. The number of hydrogen-bond acceptors (Lipinski definition) is 2.